The highest BCUT2D eigenvalue weighted by Crippen LogP contribution is 2.24. The Bertz CT molecular complexity index is 1060. The second-order valence-electron chi connectivity index (χ2n) is 7.00. The van der Waals surface area contributed by atoms with Crippen molar-refractivity contribution in [2.75, 3.05) is 37.4 Å². The summed E-state index contributed by atoms with van der Waals surface area (Å²) in [4.78, 5) is 2.29. The molecule has 10 heteroatoms. The van der Waals surface area contributed by atoms with Crippen LogP contribution >= 0.6 is 12.2 Å². The molecule has 0 bridgehead atoms. The van der Waals surface area contributed by atoms with E-state index in [0.717, 1.165) is 28.6 Å². The standard InChI is InChI=1S/C21H29N5O3S2/c1-6-26(7-2)17-10-9-16(20(27)12-17)14-22-24-21(30)23-19-13-18(11-8-15(19)3)31(28,29)25(4)5/h8-14,27H,6-7H2,1-5H3,(H2,23,24,30). The first-order valence-electron chi connectivity index (χ1n) is 9.81. The maximum atomic E-state index is 12.3. The fourth-order valence-corrected chi connectivity index (χ4v) is 3.94. The quantitative estimate of drug-likeness (QED) is 0.314. The van der Waals surface area contributed by atoms with Gasteiger partial charge in [0.25, 0.3) is 0 Å². The van der Waals surface area contributed by atoms with Crippen LogP contribution in [-0.4, -0.2) is 56.3 Å². The molecule has 0 radical (unpaired) electrons. The van der Waals surface area contributed by atoms with Gasteiger partial charge in [-0.25, -0.2) is 12.7 Å². The molecular weight excluding hydrogens is 434 g/mol. The number of anilines is 2. The Labute approximate surface area is 189 Å². The number of aromatic hydroxyl groups is 1. The summed E-state index contributed by atoms with van der Waals surface area (Å²) >= 11 is 5.25. The van der Waals surface area contributed by atoms with Crippen LogP contribution in [0.3, 0.4) is 0 Å². The van der Waals surface area contributed by atoms with Gasteiger partial charge in [-0.15, -0.1) is 0 Å². The number of thiocarbonyl (C=S) groups is 1. The van der Waals surface area contributed by atoms with Crippen LogP contribution in [0.15, 0.2) is 46.4 Å². The maximum Gasteiger partial charge on any atom is 0.242 e. The van der Waals surface area contributed by atoms with E-state index in [0.29, 0.717) is 11.3 Å². The number of phenols is 1. The molecule has 0 heterocycles. The summed E-state index contributed by atoms with van der Waals surface area (Å²) in [7, 11) is -0.596. The van der Waals surface area contributed by atoms with Gasteiger partial charge >= 0.3 is 0 Å². The summed E-state index contributed by atoms with van der Waals surface area (Å²) in [6.07, 6.45) is 1.47. The molecule has 0 aromatic heterocycles. The molecule has 3 N–H and O–H groups in total. The van der Waals surface area contributed by atoms with Crippen molar-refractivity contribution in [2.24, 2.45) is 5.10 Å². The number of hydrogen-bond donors (Lipinski definition) is 3. The number of aryl methyl sites for hydroxylation is 1. The van der Waals surface area contributed by atoms with E-state index in [1.54, 1.807) is 24.3 Å². The number of benzene rings is 2. The molecular formula is C21H29N5O3S2. The zero-order chi connectivity index (χ0) is 23.2. The van der Waals surface area contributed by atoms with Gasteiger partial charge in [0.2, 0.25) is 10.0 Å². The topological polar surface area (TPSA) is 97.3 Å². The average molecular weight is 464 g/mol. The van der Waals surface area contributed by atoms with E-state index in [-0.39, 0.29) is 15.8 Å². The second kappa shape index (κ2) is 10.6. The van der Waals surface area contributed by atoms with Crippen molar-refractivity contribution in [2.45, 2.75) is 25.7 Å². The molecule has 0 fully saturated rings. The van der Waals surface area contributed by atoms with Crippen LogP contribution in [0.4, 0.5) is 11.4 Å². The molecule has 0 saturated carbocycles. The van der Waals surface area contributed by atoms with E-state index in [9.17, 15) is 13.5 Å². The van der Waals surface area contributed by atoms with Crippen LogP contribution in [0.25, 0.3) is 0 Å². The van der Waals surface area contributed by atoms with E-state index in [1.807, 2.05) is 13.0 Å². The van der Waals surface area contributed by atoms with Crippen LogP contribution in [0.2, 0.25) is 0 Å². The van der Waals surface area contributed by atoms with Crippen LogP contribution in [-0.2, 0) is 10.0 Å². The van der Waals surface area contributed by atoms with E-state index in [4.69, 9.17) is 12.2 Å². The molecule has 31 heavy (non-hydrogen) atoms. The zero-order valence-electron chi connectivity index (χ0n) is 18.4. The summed E-state index contributed by atoms with van der Waals surface area (Å²) in [6.45, 7) is 7.65. The minimum atomic E-state index is -3.55. The first-order valence-corrected chi connectivity index (χ1v) is 11.7. The Morgan fingerprint density at radius 2 is 1.84 bits per heavy atom. The minimum absolute atomic E-state index is 0.117. The molecule has 0 atom stereocenters. The Kier molecular flexibility index (Phi) is 8.37. The number of hydrazone groups is 1. The predicted octanol–water partition coefficient (Wildman–Crippen LogP) is 3.12. The highest BCUT2D eigenvalue weighted by atomic mass is 32.2. The molecule has 2 rings (SSSR count). The molecule has 8 nitrogen and oxygen atoms in total. The predicted molar refractivity (Wildman–Crippen MR) is 131 cm³/mol. The first kappa shape index (κ1) is 24.6. The minimum Gasteiger partial charge on any atom is -0.507 e. The summed E-state index contributed by atoms with van der Waals surface area (Å²) < 4.78 is 25.8. The van der Waals surface area contributed by atoms with Gasteiger partial charge in [-0.3, -0.25) is 5.43 Å². The average Bonchev–Trinajstić information content (AvgIpc) is 2.71. The van der Waals surface area contributed by atoms with Crippen molar-refractivity contribution in [3.63, 3.8) is 0 Å². The summed E-state index contributed by atoms with van der Waals surface area (Å²) in [5, 5.41) is 17.5. The molecule has 0 amide bonds. The van der Waals surface area contributed by atoms with Crippen LogP contribution in [0, 0.1) is 6.92 Å². The highest BCUT2D eigenvalue weighted by Gasteiger charge is 2.18. The largest absolute Gasteiger partial charge is 0.507 e. The third-order valence-corrected chi connectivity index (χ3v) is 6.75. The van der Waals surface area contributed by atoms with Gasteiger partial charge in [-0.2, -0.15) is 5.10 Å². The number of sulfonamides is 1. The molecule has 2 aromatic rings. The zero-order valence-corrected chi connectivity index (χ0v) is 20.0. The summed E-state index contributed by atoms with van der Waals surface area (Å²) in [6, 6.07) is 10.2. The van der Waals surface area contributed by atoms with Crippen LogP contribution in [0.5, 0.6) is 5.75 Å². The Balaban J connectivity index is 2.08. The van der Waals surface area contributed by atoms with Gasteiger partial charge in [0.15, 0.2) is 5.11 Å². The molecule has 0 spiro atoms. The Morgan fingerprint density at radius 1 is 1.16 bits per heavy atom. The molecule has 0 unspecified atom stereocenters. The second-order valence-corrected chi connectivity index (χ2v) is 9.56. The molecule has 0 aliphatic heterocycles. The van der Waals surface area contributed by atoms with E-state index >= 15 is 0 Å². The van der Waals surface area contributed by atoms with E-state index in [2.05, 4.69) is 34.6 Å². The van der Waals surface area contributed by atoms with Gasteiger partial charge in [-0.05, 0) is 62.8 Å². The van der Waals surface area contributed by atoms with Crippen LogP contribution in [0.1, 0.15) is 25.0 Å². The lowest BCUT2D eigenvalue weighted by Crippen LogP contribution is -2.25. The Hall–Kier alpha value is -2.69. The maximum absolute atomic E-state index is 12.3. The lowest BCUT2D eigenvalue weighted by atomic mass is 10.2. The van der Waals surface area contributed by atoms with Crippen molar-refractivity contribution in [3.05, 3.63) is 47.5 Å². The summed E-state index contributed by atoms with van der Waals surface area (Å²) in [5.74, 6) is 0.117. The van der Waals surface area contributed by atoms with Gasteiger partial charge in [0, 0.05) is 50.2 Å². The fourth-order valence-electron chi connectivity index (χ4n) is 2.84. The lowest BCUT2D eigenvalue weighted by Gasteiger charge is -2.21. The normalized spacial score (nSPS) is 11.7. The SMILES string of the molecule is CCN(CC)c1ccc(C=NNC(=S)Nc2cc(S(=O)(=O)N(C)C)ccc2C)c(O)c1. The molecule has 0 aliphatic rings. The smallest absolute Gasteiger partial charge is 0.242 e. The van der Waals surface area contributed by atoms with E-state index in [1.165, 1.54) is 26.4 Å². The third kappa shape index (κ3) is 6.16. The lowest BCUT2D eigenvalue weighted by molar-refractivity contribution is 0.474. The molecule has 0 saturated heterocycles. The number of rotatable bonds is 8. The van der Waals surface area contributed by atoms with Crippen molar-refractivity contribution >= 4 is 44.9 Å². The fraction of sp³-hybridized carbons (Fsp3) is 0.333. The highest BCUT2D eigenvalue weighted by molar-refractivity contribution is 7.89. The number of nitrogens with zero attached hydrogens (tertiary/aromatic N) is 3. The number of hydrogen-bond acceptors (Lipinski definition) is 6. The molecule has 2 aromatic carbocycles. The van der Waals surface area contributed by atoms with Crippen molar-refractivity contribution in [1.29, 1.82) is 0 Å². The summed E-state index contributed by atoms with van der Waals surface area (Å²) in [5.41, 5.74) is 5.55. The Morgan fingerprint density at radius 3 is 2.42 bits per heavy atom. The van der Waals surface area contributed by atoms with Gasteiger partial charge in [0.05, 0.1) is 11.1 Å². The first-order chi connectivity index (χ1) is 14.6. The van der Waals surface area contributed by atoms with Gasteiger partial charge in [-0.1, -0.05) is 6.07 Å². The van der Waals surface area contributed by atoms with Gasteiger partial charge < -0.3 is 15.3 Å². The monoisotopic (exact) mass is 463 g/mol. The number of phenolic OH excluding ortho intramolecular Hbond substituents is 1. The van der Waals surface area contributed by atoms with Crippen molar-refractivity contribution in [1.82, 2.24) is 9.73 Å². The van der Waals surface area contributed by atoms with E-state index < -0.39 is 10.0 Å². The molecule has 0 aliphatic carbocycles. The van der Waals surface area contributed by atoms with Crippen molar-refractivity contribution in [3.8, 4) is 5.75 Å². The van der Waals surface area contributed by atoms with Crippen LogP contribution < -0.4 is 15.6 Å². The van der Waals surface area contributed by atoms with Gasteiger partial charge in [0.1, 0.15) is 5.75 Å². The third-order valence-electron chi connectivity index (χ3n) is 4.75. The molecule has 168 valence electrons. The van der Waals surface area contributed by atoms with Crippen molar-refractivity contribution < 1.29 is 13.5 Å². The number of nitrogens with one attached hydrogen (secondary N) is 2.